The number of imidazole rings is 1. The van der Waals surface area contributed by atoms with E-state index in [1.807, 2.05) is 31.2 Å². The lowest BCUT2D eigenvalue weighted by atomic mass is 10.1. The maximum atomic E-state index is 13.2. The van der Waals surface area contributed by atoms with Crippen LogP contribution in [0.4, 0.5) is 4.39 Å². The summed E-state index contributed by atoms with van der Waals surface area (Å²) in [5.41, 5.74) is 3.73. The van der Waals surface area contributed by atoms with Crippen LogP contribution in [0.1, 0.15) is 5.56 Å². The number of aromatic nitrogens is 2. The topological polar surface area (TPSA) is 28.7 Å². The molecule has 2 aromatic carbocycles. The van der Waals surface area contributed by atoms with Crippen LogP contribution in [-0.4, -0.2) is 9.97 Å². The molecule has 94 valence electrons. The Bertz CT molecular complexity index is 656. The zero-order valence-electron chi connectivity index (χ0n) is 10.5. The molecule has 0 atom stereocenters. The number of benzene rings is 2. The summed E-state index contributed by atoms with van der Waals surface area (Å²) >= 11 is 0. The van der Waals surface area contributed by atoms with Gasteiger partial charge in [0.25, 0.3) is 0 Å². The van der Waals surface area contributed by atoms with Crippen molar-refractivity contribution in [2.24, 2.45) is 0 Å². The summed E-state index contributed by atoms with van der Waals surface area (Å²) in [5, 5.41) is 0. The molecule has 0 aliphatic heterocycles. The molecular formula is C16H13FN2. The van der Waals surface area contributed by atoms with Crippen LogP contribution in [0, 0.1) is 12.7 Å². The van der Waals surface area contributed by atoms with Gasteiger partial charge in [-0.15, -0.1) is 0 Å². The summed E-state index contributed by atoms with van der Waals surface area (Å²) in [6.45, 7) is 2.04. The molecule has 0 saturated heterocycles. The van der Waals surface area contributed by atoms with E-state index >= 15 is 0 Å². The third kappa shape index (κ3) is 2.40. The number of hydrogen-bond acceptors (Lipinski definition) is 1. The summed E-state index contributed by atoms with van der Waals surface area (Å²) in [5.74, 6) is 0.542. The molecule has 0 bridgehead atoms. The molecule has 1 heterocycles. The first-order chi connectivity index (χ1) is 9.22. The average molecular weight is 252 g/mol. The van der Waals surface area contributed by atoms with Gasteiger partial charge in [0, 0.05) is 17.3 Å². The summed E-state index contributed by atoms with van der Waals surface area (Å²) < 4.78 is 13.2. The smallest absolute Gasteiger partial charge is 0.138 e. The van der Waals surface area contributed by atoms with Gasteiger partial charge >= 0.3 is 0 Å². The van der Waals surface area contributed by atoms with Crippen LogP contribution in [0.3, 0.4) is 0 Å². The molecule has 0 saturated carbocycles. The molecule has 0 aliphatic carbocycles. The minimum Gasteiger partial charge on any atom is -0.344 e. The maximum absolute atomic E-state index is 13.2. The molecule has 0 unspecified atom stereocenters. The SMILES string of the molecule is Cc1cccc(-c2nc(-c3cccc(F)c3)c[nH]2)c1. The first-order valence-electron chi connectivity index (χ1n) is 6.11. The van der Waals surface area contributed by atoms with Crippen LogP contribution in [0.25, 0.3) is 22.6 Å². The van der Waals surface area contributed by atoms with Crippen molar-refractivity contribution in [2.45, 2.75) is 6.92 Å². The number of nitrogens with zero attached hydrogens (tertiary/aromatic N) is 1. The number of H-pyrrole nitrogens is 1. The summed E-state index contributed by atoms with van der Waals surface area (Å²) in [6, 6.07) is 14.5. The molecule has 0 spiro atoms. The fourth-order valence-electron chi connectivity index (χ4n) is 2.06. The van der Waals surface area contributed by atoms with Gasteiger partial charge in [-0.2, -0.15) is 0 Å². The van der Waals surface area contributed by atoms with Crippen LogP contribution in [0.15, 0.2) is 54.7 Å². The van der Waals surface area contributed by atoms with E-state index in [-0.39, 0.29) is 5.82 Å². The predicted molar refractivity (Wildman–Crippen MR) is 74.2 cm³/mol. The highest BCUT2D eigenvalue weighted by Crippen LogP contribution is 2.23. The highest BCUT2D eigenvalue weighted by molar-refractivity contribution is 5.64. The lowest BCUT2D eigenvalue weighted by Crippen LogP contribution is -1.83. The normalized spacial score (nSPS) is 10.6. The maximum Gasteiger partial charge on any atom is 0.138 e. The Balaban J connectivity index is 2.00. The Kier molecular flexibility index (Phi) is 2.88. The van der Waals surface area contributed by atoms with E-state index < -0.39 is 0 Å². The molecule has 0 fully saturated rings. The third-order valence-corrected chi connectivity index (χ3v) is 2.99. The Morgan fingerprint density at radius 3 is 2.58 bits per heavy atom. The van der Waals surface area contributed by atoms with E-state index in [4.69, 9.17) is 0 Å². The lowest BCUT2D eigenvalue weighted by molar-refractivity contribution is 0.628. The van der Waals surface area contributed by atoms with E-state index in [1.165, 1.54) is 17.7 Å². The molecular weight excluding hydrogens is 239 g/mol. The molecule has 1 N–H and O–H groups in total. The van der Waals surface area contributed by atoms with Crippen LogP contribution in [0.2, 0.25) is 0 Å². The van der Waals surface area contributed by atoms with Gasteiger partial charge in [0.1, 0.15) is 11.6 Å². The van der Waals surface area contributed by atoms with E-state index in [0.29, 0.717) is 0 Å². The minimum absolute atomic E-state index is 0.252. The fourth-order valence-corrected chi connectivity index (χ4v) is 2.06. The number of halogens is 1. The number of aromatic amines is 1. The van der Waals surface area contributed by atoms with E-state index in [9.17, 15) is 4.39 Å². The summed E-state index contributed by atoms with van der Waals surface area (Å²) in [4.78, 5) is 7.64. The second-order valence-electron chi connectivity index (χ2n) is 4.51. The van der Waals surface area contributed by atoms with Gasteiger partial charge in [-0.1, -0.05) is 35.9 Å². The van der Waals surface area contributed by atoms with Gasteiger partial charge in [0.15, 0.2) is 0 Å². The molecule has 3 rings (SSSR count). The van der Waals surface area contributed by atoms with Crippen molar-refractivity contribution < 1.29 is 4.39 Å². The molecule has 0 aliphatic rings. The van der Waals surface area contributed by atoms with Crippen LogP contribution in [-0.2, 0) is 0 Å². The van der Waals surface area contributed by atoms with Gasteiger partial charge in [0.2, 0.25) is 0 Å². The molecule has 1 aromatic heterocycles. The molecule has 3 heteroatoms. The quantitative estimate of drug-likeness (QED) is 0.727. The van der Waals surface area contributed by atoms with Crippen molar-refractivity contribution in [3.63, 3.8) is 0 Å². The summed E-state index contributed by atoms with van der Waals surface area (Å²) in [6.07, 6.45) is 1.80. The second-order valence-corrected chi connectivity index (χ2v) is 4.51. The highest BCUT2D eigenvalue weighted by Gasteiger charge is 2.06. The molecule has 3 aromatic rings. The van der Waals surface area contributed by atoms with E-state index in [2.05, 4.69) is 16.0 Å². The number of hydrogen-bond donors (Lipinski definition) is 1. The summed E-state index contributed by atoms with van der Waals surface area (Å²) in [7, 11) is 0. The first-order valence-corrected chi connectivity index (χ1v) is 6.11. The van der Waals surface area contributed by atoms with Gasteiger partial charge in [0.05, 0.1) is 5.69 Å². The third-order valence-electron chi connectivity index (χ3n) is 2.99. The van der Waals surface area contributed by atoms with Crippen molar-refractivity contribution in [1.29, 1.82) is 0 Å². The molecule has 2 nitrogen and oxygen atoms in total. The van der Waals surface area contributed by atoms with Crippen molar-refractivity contribution in [1.82, 2.24) is 9.97 Å². The van der Waals surface area contributed by atoms with Crippen molar-refractivity contribution in [3.05, 3.63) is 66.1 Å². The van der Waals surface area contributed by atoms with E-state index in [1.54, 1.807) is 12.3 Å². The van der Waals surface area contributed by atoms with Gasteiger partial charge in [-0.3, -0.25) is 0 Å². The predicted octanol–water partition coefficient (Wildman–Crippen LogP) is 4.19. The largest absolute Gasteiger partial charge is 0.344 e. The van der Waals surface area contributed by atoms with Crippen LogP contribution < -0.4 is 0 Å². The molecule has 19 heavy (non-hydrogen) atoms. The van der Waals surface area contributed by atoms with Crippen molar-refractivity contribution >= 4 is 0 Å². The zero-order chi connectivity index (χ0) is 13.2. The molecule has 0 amide bonds. The van der Waals surface area contributed by atoms with Gasteiger partial charge in [-0.25, -0.2) is 9.37 Å². The van der Waals surface area contributed by atoms with Crippen LogP contribution >= 0.6 is 0 Å². The second kappa shape index (κ2) is 4.69. The van der Waals surface area contributed by atoms with Crippen molar-refractivity contribution in [3.8, 4) is 22.6 Å². The van der Waals surface area contributed by atoms with Gasteiger partial charge in [-0.05, 0) is 25.1 Å². The fraction of sp³-hybridized carbons (Fsp3) is 0.0625. The Labute approximate surface area is 111 Å². The zero-order valence-corrected chi connectivity index (χ0v) is 10.5. The van der Waals surface area contributed by atoms with Crippen LogP contribution in [0.5, 0.6) is 0 Å². The molecule has 0 radical (unpaired) electrons. The highest BCUT2D eigenvalue weighted by atomic mass is 19.1. The average Bonchev–Trinajstić information content (AvgIpc) is 2.88. The number of aryl methyl sites for hydroxylation is 1. The Morgan fingerprint density at radius 2 is 1.79 bits per heavy atom. The Hall–Kier alpha value is -2.42. The lowest BCUT2D eigenvalue weighted by Gasteiger charge is -1.98. The standard InChI is InChI=1S/C16H13FN2/c1-11-4-2-6-13(8-11)16-18-10-15(19-16)12-5-3-7-14(17)9-12/h2-10H,1H3,(H,18,19). The first kappa shape index (κ1) is 11.7. The minimum atomic E-state index is -0.252. The number of nitrogens with one attached hydrogen (secondary N) is 1. The monoisotopic (exact) mass is 252 g/mol. The van der Waals surface area contributed by atoms with Crippen molar-refractivity contribution in [2.75, 3.05) is 0 Å². The number of rotatable bonds is 2. The van der Waals surface area contributed by atoms with Gasteiger partial charge < -0.3 is 4.98 Å². The Morgan fingerprint density at radius 1 is 1.00 bits per heavy atom. The van der Waals surface area contributed by atoms with E-state index in [0.717, 1.165) is 22.6 Å².